The number of aliphatic hydroxyl groups excluding tert-OH is 2. The van der Waals surface area contributed by atoms with E-state index in [1.165, 1.54) is 0 Å². The molecule has 20 heavy (non-hydrogen) atoms. The standard InChI is InChI=1S/C14H28O6/c15-8-9-19-10-11-20-12-13(16)6-4-2-1-3-5-7-14(17)18/h13,15-16H,1-12H2,(H,17,18). The third kappa shape index (κ3) is 15.4. The first-order valence-electron chi connectivity index (χ1n) is 7.33. The molecule has 0 radical (unpaired) electrons. The molecule has 6 nitrogen and oxygen atoms in total. The average Bonchev–Trinajstić information content (AvgIpc) is 2.41. The summed E-state index contributed by atoms with van der Waals surface area (Å²) in [5, 5.41) is 26.6. The number of hydrogen-bond acceptors (Lipinski definition) is 5. The van der Waals surface area contributed by atoms with Crippen LogP contribution in [0.3, 0.4) is 0 Å². The topological polar surface area (TPSA) is 96.2 Å². The second-order valence-corrected chi connectivity index (χ2v) is 4.76. The van der Waals surface area contributed by atoms with E-state index < -0.39 is 12.1 Å². The lowest BCUT2D eigenvalue weighted by atomic mass is 10.1. The van der Waals surface area contributed by atoms with Gasteiger partial charge in [-0.15, -0.1) is 0 Å². The van der Waals surface area contributed by atoms with Crippen LogP contribution in [0.5, 0.6) is 0 Å². The highest BCUT2D eigenvalue weighted by atomic mass is 16.5. The molecule has 0 saturated carbocycles. The second kappa shape index (κ2) is 14.7. The number of aliphatic carboxylic acids is 1. The number of carbonyl (C=O) groups is 1. The highest BCUT2D eigenvalue weighted by Gasteiger charge is 2.04. The van der Waals surface area contributed by atoms with Gasteiger partial charge in [0.25, 0.3) is 0 Å². The van der Waals surface area contributed by atoms with Crippen molar-refractivity contribution in [3.8, 4) is 0 Å². The summed E-state index contributed by atoms with van der Waals surface area (Å²) in [5.74, 6) is -0.736. The summed E-state index contributed by atoms with van der Waals surface area (Å²) in [6.07, 6.45) is 5.11. The van der Waals surface area contributed by atoms with Crippen molar-refractivity contribution in [2.24, 2.45) is 0 Å². The molecule has 0 aliphatic rings. The van der Waals surface area contributed by atoms with Crippen molar-refractivity contribution < 1.29 is 29.6 Å². The van der Waals surface area contributed by atoms with Gasteiger partial charge in [0.05, 0.1) is 39.1 Å². The lowest BCUT2D eigenvalue weighted by molar-refractivity contribution is -0.137. The van der Waals surface area contributed by atoms with E-state index in [-0.39, 0.29) is 13.0 Å². The van der Waals surface area contributed by atoms with E-state index in [2.05, 4.69) is 0 Å². The zero-order chi connectivity index (χ0) is 15.1. The lowest BCUT2D eigenvalue weighted by Gasteiger charge is -2.11. The van der Waals surface area contributed by atoms with Gasteiger partial charge in [0.15, 0.2) is 0 Å². The minimum absolute atomic E-state index is 0.00902. The Labute approximate surface area is 120 Å². The molecule has 0 bridgehead atoms. The van der Waals surface area contributed by atoms with E-state index in [9.17, 15) is 9.90 Å². The summed E-state index contributed by atoms with van der Waals surface area (Å²) in [5.41, 5.74) is 0. The van der Waals surface area contributed by atoms with Crippen molar-refractivity contribution in [2.45, 2.75) is 51.0 Å². The smallest absolute Gasteiger partial charge is 0.303 e. The van der Waals surface area contributed by atoms with Gasteiger partial charge in [-0.25, -0.2) is 0 Å². The summed E-state index contributed by atoms with van der Waals surface area (Å²) in [4.78, 5) is 10.3. The van der Waals surface area contributed by atoms with Gasteiger partial charge in [0, 0.05) is 6.42 Å². The quantitative estimate of drug-likeness (QED) is 0.392. The Morgan fingerprint density at radius 3 is 2.30 bits per heavy atom. The molecule has 1 unspecified atom stereocenters. The van der Waals surface area contributed by atoms with Crippen LogP contribution in [0.15, 0.2) is 0 Å². The molecule has 0 aliphatic heterocycles. The molecule has 0 fully saturated rings. The molecule has 0 aliphatic carbocycles. The summed E-state index contributed by atoms with van der Waals surface area (Å²) < 4.78 is 10.3. The molecule has 0 saturated heterocycles. The minimum Gasteiger partial charge on any atom is -0.481 e. The molecule has 0 rings (SSSR count). The van der Waals surface area contributed by atoms with Crippen LogP contribution < -0.4 is 0 Å². The summed E-state index contributed by atoms with van der Waals surface area (Å²) in [6, 6.07) is 0. The first kappa shape index (κ1) is 19.3. The lowest BCUT2D eigenvalue weighted by Crippen LogP contribution is -2.17. The normalized spacial score (nSPS) is 12.5. The largest absolute Gasteiger partial charge is 0.481 e. The van der Waals surface area contributed by atoms with Gasteiger partial charge >= 0.3 is 5.97 Å². The van der Waals surface area contributed by atoms with E-state index in [1.807, 2.05) is 0 Å². The molecular formula is C14H28O6. The number of hydrogen-bond donors (Lipinski definition) is 3. The maximum atomic E-state index is 10.3. The summed E-state index contributed by atoms with van der Waals surface area (Å²) in [7, 11) is 0. The van der Waals surface area contributed by atoms with Crippen molar-refractivity contribution in [2.75, 3.05) is 33.0 Å². The molecule has 0 aromatic carbocycles. The summed E-state index contributed by atoms with van der Waals surface area (Å²) >= 11 is 0. The van der Waals surface area contributed by atoms with Crippen molar-refractivity contribution in [1.29, 1.82) is 0 Å². The van der Waals surface area contributed by atoms with E-state index in [4.69, 9.17) is 19.7 Å². The van der Waals surface area contributed by atoms with E-state index in [0.29, 0.717) is 32.8 Å². The van der Waals surface area contributed by atoms with Crippen molar-refractivity contribution in [3.63, 3.8) is 0 Å². The molecule has 0 heterocycles. The highest BCUT2D eigenvalue weighted by Crippen LogP contribution is 2.09. The SMILES string of the molecule is O=C(O)CCCCCCCC(O)COCCOCCO. The number of rotatable bonds is 15. The molecule has 3 N–H and O–H groups in total. The van der Waals surface area contributed by atoms with Gasteiger partial charge < -0.3 is 24.8 Å². The first-order chi connectivity index (χ1) is 9.66. The Balaban J connectivity index is 3.16. The third-order valence-corrected chi connectivity index (χ3v) is 2.85. The van der Waals surface area contributed by atoms with Crippen LogP contribution in [-0.4, -0.2) is 60.4 Å². The molecule has 0 aromatic rings. The Morgan fingerprint density at radius 2 is 1.60 bits per heavy atom. The molecule has 0 spiro atoms. The van der Waals surface area contributed by atoms with Gasteiger partial charge in [-0.1, -0.05) is 25.7 Å². The number of carboxylic acid groups (broad SMARTS) is 1. The number of ether oxygens (including phenoxy) is 2. The van der Waals surface area contributed by atoms with E-state index >= 15 is 0 Å². The monoisotopic (exact) mass is 292 g/mol. The highest BCUT2D eigenvalue weighted by molar-refractivity contribution is 5.66. The molecule has 120 valence electrons. The van der Waals surface area contributed by atoms with Gasteiger partial charge in [-0.05, 0) is 12.8 Å². The Morgan fingerprint density at radius 1 is 0.950 bits per heavy atom. The molecule has 0 amide bonds. The van der Waals surface area contributed by atoms with Crippen LogP contribution in [0.2, 0.25) is 0 Å². The predicted octanol–water partition coefficient (Wildman–Crippen LogP) is 1.19. The second-order valence-electron chi connectivity index (χ2n) is 4.76. The van der Waals surface area contributed by atoms with Gasteiger partial charge in [-0.3, -0.25) is 4.79 Å². The Hall–Kier alpha value is -0.690. The van der Waals surface area contributed by atoms with Crippen molar-refractivity contribution >= 4 is 5.97 Å². The van der Waals surface area contributed by atoms with Crippen molar-refractivity contribution in [3.05, 3.63) is 0 Å². The average molecular weight is 292 g/mol. The van der Waals surface area contributed by atoms with Gasteiger partial charge in [-0.2, -0.15) is 0 Å². The van der Waals surface area contributed by atoms with E-state index in [0.717, 1.165) is 32.1 Å². The maximum Gasteiger partial charge on any atom is 0.303 e. The first-order valence-corrected chi connectivity index (χ1v) is 7.33. The van der Waals surface area contributed by atoms with Crippen LogP contribution in [0, 0.1) is 0 Å². The van der Waals surface area contributed by atoms with Gasteiger partial charge in [0.2, 0.25) is 0 Å². The number of aliphatic hydroxyl groups is 2. The third-order valence-electron chi connectivity index (χ3n) is 2.85. The fourth-order valence-electron chi connectivity index (χ4n) is 1.77. The van der Waals surface area contributed by atoms with Crippen LogP contribution >= 0.6 is 0 Å². The zero-order valence-corrected chi connectivity index (χ0v) is 12.1. The maximum absolute atomic E-state index is 10.3. The number of carboxylic acids is 1. The van der Waals surface area contributed by atoms with Gasteiger partial charge in [0.1, 0.15) is 0 Å². The fraction of sp³-hybridized carbons (Fsp3) is 0.929. The zero-order valence-electron chi connectivity index (χ0n) is 12.1. The van der Waals surface area contributed by atoms with Crippen molar-refractivity contribution in [1.82, 2.24) is 0 Å². The molecule has 6 heteroatoms. The Bertz CT molecular complexity index is 222. The minimum atomic E-state index is -0.736. The fourth-order valence-corrected chi connectivity index (χ4v) is 1.77. The molecule has 1 atom stereocenters. The number of unbranched alkanes of at least 4 members (excludes halogenated alkanes) is 4. The molecular weight excluding hydrogens is 264 g/mol. The van der Waals surface area contributed by atoms with Crippen LogP contribution in [0.1, 0.15) is 44.9 Å². The van der Waals surface area contributed by atoms with Crippen LogP contribution in [-0.2, 0) is 14.3 Å². The van der Waals surface area contributed by atoms with E-state index in [1.54, 1.807) is 0 Å². The predicted molar refractivity (Wildman–Crippen MR) is 74.7 cm³/mol. The van der Waals surface area contributed by atoms with Crippen LogP contribution in [0.4, 0.5) is 0 Å². The molecule has 0 aromatic heterocycles. The summed E-state index contributed by atoms with van der Waals surface area (Å²) in [6.45, 7) is 1.48. The Kier molecular flexibility index (Phi) is 14.2. The van der Waals surface area contributed by atoms with Crippen LogP contribution in [0.25, 0.3) is 0 Å².